The number of hydrogen-bond acceptors (Lipinski definition) is 1. The summed E-state index contributed by atoms with van der Waals surface area (Å²) in [4.78, 5) is 2.56. The Hall–Kier alpha value is -9.04. The van der Waals surface area contributed by atoms with Gasteiger partial charge < -0.3 is 4.90 Å². The fraction of sp³-hybridized carbons (Fsp3) is 0.0286. The first-order valence-electron chi connectivity index (χ1n) is 24.7. The fourth-order valence-electron chi connectivity index (χ4n) is 11.7. The quantitative estimate of drug-likeness (QED) is 0.130. The second-order valence-electron chi connectivity index (χ2n) is 18.8. The molecule has 12 aromatic rings. The van der Waals surface area contributed by atoms with E-state index in [4.69, 9.17) is 0 Å². The first-order chi connectivity index (χ1) is 35.1. The van der Waals surface area contributed by atoms with Crippen molar-refractivity contribution >= 4 is 38.6 Å². The van der Waals surface area contributed by atoms with Crippen LogP contribution in [0.1, 0.15) is 23.6 Å². The molecule has 1 nitrogen and oxygen atoms in total. The van der Waals surface area contributed by atoms with E-state index in [1.54, 1.807) is 0 Å². The van der Waals surface area contributed by atoms with Crippen LogP contribution < -0.4 is 4.90 Å². The van der Waals surface area contributed by atoms with E-state index in [1.165, 1.54) is 77.2 Å². The normalized spacial score (nSPS) is 13.8. The average Bonchev–Trinajstić information content (AvgIpc) is 3.73. The second-order valence-corrected chi connectivity index (χ2v) is 18.8. The molecule has 0 N–H and O–H groups in total. The van der Waals surface area contributed by atoms with Crippen LogP contribution >= 0.6 is 0 Å². The van der Waals surface area contributed by atoms with Crippen molar-refractivity contribution in [3.8, 4) is 66.8 Å². The summed E-state index contributed by atoms with van der Waals surface area (Å²) < 4.78 is 0. The van der Waals surface area contributed by atoms with E-state index in [0.717, 1.165) is 44.9 Å². The minimum Gasteiger partial charge on any atom is -0.309 e. The van der Waals surface area contributed by atoms with Gasteiger partial charge in [-0.15, -0.1) is 0 Å². The van der Waals surface area contributed by atoms with E-state index in [1.807, 2.05) is 0 Å². The molecule has 71 heavy (non-hydrogen) atoms. The van der Waals surface area contributed by atoms with Crippen LogP contribution in [0, 0.1) is 0 Å². The van der Waals surface area contributed by atoms with Crippen LogP contribution in [0.4, 0.5) is 17.1 Å². The Morgan fingerprint density at radius 1 is 0.296 bits per heavy atom. The Labute approximate surface area is 416 Å². The minimum atomic E-state index is -0.444. The van der Waals surface area contributed by atoms with Crippen molar-refractivity contribution in [2.24, 2.45) is 0 Å². The maximum atomic E-state index is 2.56. The van der Waals surface area contributed by atoms with Crippen molar-refractivity contribution in [2.45, 2.75) is 12.3 Å². The zero-order chi connectivity index (χ0) is 47.3. The summed E-state index contributed by atoms with van der Waals surface area (Å²) >= 11 is 0. The molecule has 1 aliphatic rings. The van der Waals surface area contributed by atoms with Gasteiger partial charge in [-0.3, -0.25) is 0 Å². The van der Waals surface area contributed by atoms with Crippen LogP contribution in [0.2, 0.25) is 0 Å². The lowest BCUT2D eigenvalue weighted by molar-refractivity contribution is 0.714. The number of nitrogens with zero attached hydrogens (tertiary/aromatic N) is 1. The van der Waals surface area contributed by atoms with Crippen LogP contribution in [0.5, 0.6) is 0 Å². The lowest BCUT2D eigenvalue weighted by Gasteiger charge is -2.36. The van der Waals surface area contributed by atoms with E-state index in [9.17, 15) is 0 Å². The van der Waals surface area contributed by atoms with Crippen molar-refractivity contribution in [3.05, 3.63) is 296 Å². The molecule has 13 rings (SSSR count). The Morgan fingerprint density at radius 3 is 1.37 bits per heavy atom. The van der Waals surface area contributed by atoms with Gasteiger partial charge in [-0.1, -0.05) is 255 Å². The molecule has 0 bridgehead atoms. The van der Waals surface area contributed by atoms with Crippen LogP contribution in [0.25, 0.3) is 88.3 Å². The molecule has 1 aliphatic carbocycles. The van der Waals surface area contributed by atoms with E-state index >= 15 is 0 Å². The molecular weight excluding hydrogens is 855 g/mol. The molecular formula is C70H49N. The van der Waals surface area contributed by atoms with E-state index in [0.29, 0.717) is 0 Å². The summed E-state index contributed by atoms with van der Waals surface area (Å²) in [6.45, 7) is 2.43. The Bertz CT molecular complexity index is 3840. The Balaban J connectivity index is 1.06. The molecule has 0 amide bonds. The number of fused-ring (bicyclic) bond motifs is 6. The van der Waals surface area contributed by atoms with Gasteiger partial charge in [0, 0.05) is 22.2 Å². The highest BCUT2D eigenvalue weighted by molar-refractivity contribution is 6.22. The van der Waals surface area contributed by atoms with E-state index < -0.39 is 5.41 Å². The SMILES string of the molecule is CC1(c2ccccc2)c2ccccc2-c2cccc(N(c3ccc(-c4ccc5c(c4)c(-c4ccccc4)c(-c4ccccc4)c4ccccc45)cc3)c3c(-c4ccccc4)cccc3-c3ccccc3)c21. The third-order valence-corrected chi connectivity index (χ3v) is 14.9. The number of rotatable bonds is 9. The molecule has 0 heterocycles. The Morgan fingerprint density at radius 2 is 0.746 bits per heavy atom. The third kappa shape index (κ3) is 7.00. The summed E-state index contributed by atoms with van der Waals surface area (Å²) in [6.07, 6.45) is 0. The second kappa shape index (κ2) is 17.5. The molecule has 0 spiro atoms. The fourth-order valence-corrected chi connectivity index (χ4v) is 11.7. The molecule has 0 saturated carbocycles. The van der Waals surface area contributed by atoms with E-state index in [-0.39, 0.29) is 0 Å². The number of anilines is 3. The monoisotopic (exact) mass is 903 g/mol. The predicted octanol–water partition coefficient (Wildman–Crippen LogP) is 19.1. The van der Waals surface area contributed by atoms with Gasteiger partial charge >= 0.3 is 0 Å². The van der Waals surface area contributed by atoms with Crippen LogP contribution in [0.3, 0.4) is 0 Å². The lowest BCUT2D eigenvalue weighted by Crippen LogP contribution is -2.25. The van der Waals surface area contributed by atoms with Crippen molar-refractivity contribution in [3.63, 3.8) is 0 Å². The van der Waals surface area contributed by atoms with Gasteiger partial charge in [-0.25, -0.2) is 0 Å². The zero-order valence-corrected chi connectivity index (χ0v) is 39.5. The van der Waals surface area contributed by atoms with Crippen molar-refractivity contribution in [1.29, 1.82) is 0 Å². The van der Waals surface area contributed by atoms with Gasteiger partial charge in [-0.2, -0.15) is 0 Å². The minimum absolute atomic E-state index is 0.444. The first kappa shape index (κ1) is 42.1. The topological polar surface area (TPSA) is 3.24 Å². The molecule has 1 heteroatoms. The highest BCUT2D eigenvalue weighted by Gasteiger charge is 2.44. The number of hydrogen-bond donors (Lipinski definition) is 0. The molecule has 1 atom stereocenters. The summed E-state index contributed by atoms with van der Waals surface area (Å²) in [7, 11) is 0. The van der Waals surface area contributed by atoms with Gasteiger partial charge in [0.2, 0.25) is 0 Å². The molecule has 334 valence electrons. The van der Waals surface area contributed by atoms with Gasteiger partial charge in [0.1, 0.15) is 0 Å². The predicted molar refractivity (Wildman–Crippen MR) is 301 cm³/mol. The largest absolute Gasteiger partial charge is 0.309 e. The van der Waals surface area contributed by atoms with Gasteiger partial charge in [0.05, 0.1) is 11.4 Å². The zero-order valence-electron chi connectivity index (χ0n) is 39.5. The van der Waals surface area contributed by atoms with Crippen LogP contribution in [-0.2, 0) is 5.41 Å². The summed E-state index contributed by atoms with van der Waals surface area (Å²) in [5.74, 6) is 0. The average molecular weight is 904 g/mol. The van der Waals surface area contributed by atoms with Crippen molar-refractivity contribution < 1.29 is 0 Å². The first-order valence-corrected chi connectivity index (χ1v) is 24.7. The molecule has 0 aliphatic heterocycles. The molecule has 0 fully saturated rings. The maximum Gasteiger partial charge on any atom is 0.0618 e. The van der Waals surface area contributed by atoms with Gasteiger partial charge in [0.25, 0.3) is 0 Å². The van der Waals surface area contributed by atoms with Crippen LogP contribution in [-0.4, -0.2) is 0 Å². The van der Waals surface area contributed by atoms with Gasteiger partial charge in [-0.05, 0) is 125 Å². The Kier molecular flexibility index (Phi) is 10.4. The maximum absolute atomic E-state index is 2.56. The third-order valence-electron chi connectivity index (χ3n) is 14.9. The highest BCUT2D eigenvalue weighted by atomic mass is 15.2. The summed E-state index contributed by atoms with van der Waals surface area (Å²) in [5, 5.41) is 4.99. The number of para-hydroxylation sites is 1. The summed E-state index contributed by atoms with van der Waals surface area (Å²) in [5.41, 5.74) is 21.2. The molecule has 0 aromatic heterocycles. The van der Waals surface area contributed by atoms with Crippen molar-refractivity contribution in [2.75, 3.05) is 4.90 Å². The molecule has 1 unspecified atom stereocenters. The standard InChI is InChI=1S/C70H49N/c1-70(54-31-15-6-16-32-54)64-39-20-19-34-60(64)62-38-22-40-65(68(62)70)71(69-56(49-23-7-2-8-24-49)36-21-37-57(69)50-25-9-3-10-26-50)55-44-41-48(42-45-55)53-43-46-59-58-33-17-18-35-61(58)66(51-27-11-4-12-28-51)67(63(59)47-53)52-29-13-5-14-30-52/h2-47H,1H3. The molecule has 12 aromatic carbocycles. The lowest BCUT2D eigenvalue weighted by atomic mass is 9.73. The van der Waals surface area contributed by atoms with Crippen LogP contribution in [0.15, 0.2) is 279 Å². The highest BCUT2D eigenvalue weighted by Crippen LogP contribution is 2.58. The molecule has 0 saturated heterocycles. The van der Waals surface area contributed by atoms with Crippen molar-refractivity contribution in [1.82, 2.24) is 0 Å². The number of benzene rings is 12. The van der Waals surface area contributed by atoms with Gasteiger partial charge in [0.15, 0.2) is 0 Å². The molecule has 0 radical (unpaired) electrons. The smallest absolute Gasteiger partial charge is 0.0618 e. The summed E-state index contributed by atoms with van der Waals surface area (Å²) in [6, 6.07) is 103. The van der Waals surface area contributed by atoms with E-state index in [2.05, 4.69) is 291 Å².